The van der Waals surface area contributed by atoms with Crippen molar-refractivity contribution < 1.29 is 10.2 Å². The van der Waals surface area contributed by atoms with Crippen LogP contribution in [-0.2, 0) is 6.54 Å². The number of benzene rings is 1. The average molecular weight is 315 g/mol. The molecule has 1 aliphatic heterocycles. The van der Waals surface area contributed by atoms with Gasteiger partial charge in [0, 0.05) is 29.8 Å². The second-order valence-electron chi connectivity index (χ2n) is 4.60. The van der Waals surface area contributed by atoms with Gasteiger partial charge in [-0.2, -0.15) is 0 Å². The van der Waals surface area contributed by atoms with E-state index in [2.05, 4.69) is 34.2 Å². The van der Waals surface area contributed by atoms with Crippen LogP contribution in [0.5, 0.6) is 0 Å². The third kappa shape index (κ3) is 3.03. The van der Waals surface area contributed by atoms with Gasteiger partial charge in [-0.1, -0.05) is 28.9 Å². The average Bonchev–Trinajstić information content (AvgIpc) is 2.68. The van der Waals surface area contributed by atoms with E-state index >= 15 is 0 Å². The quantitative estimate of drug-likeness (QED) is 0.779. The largest absolute Gasteiger partial charge is 0.389 e. The first kappa shape index (κ1) is 13.8. The molecule has 0 bridgehead atoms. The number of aliphatic hydroxyl groups is 2. The zero-order valence-electron chi connectivity index (χ0n) is 10.4. The third-order valence-electron chi connectivity index (χ3n) is 3.23. The summed E-state index contributed by atoms with van der Waals surface area (Å²) >= 11 is 3.56. The molecule has 5 heteroatoms. The minimum atomic E-state index is -0.648. The van der Waals surface area contributed by atoms with Crippen molar-refractivity contribution in [2.75, 3.05) is 24.5 Å². The highest BCUT2D eigenvalue weighted by Crippen LogP contribution is 2.26. The molecule has 2 atom stereocenters. The van der Waals surface area contributed by atoms with Gasteiger partial charge in [-0.25, -0.2) is 0 Å². The first-order valence-electron chi connectivity index (χ1n) is 6.22. The van der Waals surface area contributed by atoms with E-state index in [1.807, 2.05) is 17.0 Å². The Balaban J connectivity index is 2.09. The number of anilines is 1. The monoisotopic (exact) mass is 314 g/mol. The fraction of sp³-hybridized carbons (Fsp3) is 0.538. The van der Waals surface area contributed by atoms with Gasteiger partial charge in [0.05, 0.1) is 12.2 Å². The fourth-order valence-corrected chi connectivity index (χ4v) is 2.62. The van der Waals surface area contributed by atoms with E-state index in [1.54, 1.807) is 0 Å². The van der Waals surface area contributed by atoms with E-state index in [-0.39, 0.29) is 0 Å². The minimum Gasteiger partial charge on any atom is -0.389 e. The number of hydrogen-bond acceptors (Lipinski definition) is 4. The molecule has 1 heterocycles. The molecule has 0 aliphatic carbocycles. The van der Waals surface area contributed by atoms with Crippen LogP contribution < -0.4 is 10.2 Å². The summed E-state index contributed by atoms with van der Waals surface area (Å²) in [6.45, 7) is 4.83. The van der Waals surface area contributed by atoms with E-state index in [9.17, 15) is 10.2 Å². The van der Waals surface area contributed by atoms with Crippen LogP contribution in [0.25, 0.3) is 0 Å². The zero-order valence-corrected chi connectivity index (χ0v) is 12.0. The van der Waals surface area contributed by atoms with Gasteiger partial charge in [0.15, 0.2) is 0 Å². The summed E-state index contributed by atoms with van der Waals surface area (Å²) in [5.41, 5.74) is 2.23. The second kappa shape index (κ2) is 6.02. The Labute approximate surface area is 116 Å². The molecule has 1 aromatic carbocycles. The lowest BCUT2D eigenvalue weighted by molar-refractivity contribution is 0.0572. The molecular formula is C13H19BrN2O2. The van der Waals surface area contributed by atoms with Crippen molar-refractivity contribution in [2.24, 2.45) is 0 Å². The summed E-state index contributed by atoms with van der Waals surface area (Å²) in [6, 6.07) is 6.14. The third-order valence-corrected chi connectivity index (χ3v) is 3.96. The van der Waals surface area contributed by atoms with Crippen molar-refractivity contribution >= 4 is 21.6 Å². The fourth-order valence-electron chi connectivity index (χ4n) is 2.12. The van der Waals surface area contributed by atoms with Crippen LogP contribution in [0.3, 0.4) is 0 Å². The van der Waals surface area contributed by atoms with Gasteiger partial charge in [0.2, 0.25) is 0 Å². The lowest BCUT2D eigenvalue weighted by Gasteiger charge is -2.19. The number of β-amino-alcohol motifs (C(OH)–C–C–N with tert-alkyl or cyclic N) is 2. The molecule has 0 saturated carbocycles. The molecule has 1 aliphatic rings. The highest BCUT2D eigenvalue weighted by atomic mass is 79.9. The van der Waals surface area contributed by atoms with Crippen molar-refractivity contribution in [2.45, 2.75) is 25.7 Å². The van der Waals surface area contributed by atoms with Gasteiger partial charge < -0.3 is 20.4 Å². The van der Waals surface area contributed by atoms with Crippen LogP contribution in [-0.4, -0.2) is 42.1 Å². The van der Waals surface area contributed by atoms with Crippen molar-refractivity contribution in [1.29, 1.82) is 0 Å². The number of nitrogens with zero attached hydrogens (tertiary/aromatic N) is 1. The lowest BCUT2D eigenvalue weighted by atomic mass is 10.2. The molecule has 0 amide bonds. The molecule has 4 nitrogen and oxygen atoms in total. The molecule has 18 heavy (non-hydrogen) atoms. The smallest absolute Gasteiger partial charge is 0.0990 e. The number of hydrogen-bond donors (Lipinski definition) is 3. The van der Waals surface area contributed by atoms with Crippen molar-refractivity contribution in [1.82, 2.24) is 5.32 Å². The van der Waals surface area contributed by atoms with E-state index in [0.29, 0.717) is 13.1 Å². The number of rotatable bonds is 4. The summed E-state index contributed by atoms with van der Waals surface area (Å²) < 4.78 is 1.05. The van der Waals surface area contributed by atoms with E-state index in [1.165, 1.54) is 5.56 Å². The van der Waals surface area contributed by atoms with E-state index < -0.39 is 12.2 Å². The Hall–Kier alpha value is -0.620. The van der Waals surface area contributed by atoms with Crippen molar-refractivity contribution in [3.05, 3.63) is 28.2 Å². The predicted molar refractivity (Wildman–Crippen MR) is 75.7 cm³/mol. The van der Waals surface area contributed by atoms with Gasteiger partial charge in [0.25, 0.3) is 0 Å². The van der Waals surface area contributed by atoms with E-state index in [0.717, 1.165) is 23.2 Å². The standard InChI is InChI=1S/C13H19BrN2O2/c1-2-15-6-9-3-4-10(5-11(9)14)16-7-12(17)13(18)8-16/h3-5,12-13,15,17-18H,2,6-8H2,1H3. The highest BCUT2D eigenvalue weighted by molar-refractivity contribution is 9.10. The molecule has 0 radical (unpaired) electrons. The summed E-state index contributed by atoms with van der Waals surface area (Å²) in [6.07, 6.45) is -1.30. The first-order valence-corrected chi connectivity index (χ1v) is 7.01. The number of halogens is 1. The molecule has 2 rings (SSSR count). The maximum atomic E-state index is 9.56. The lowest BCUT2D eigenvalue weighted by Crippen LogP contribution is -2.22. The summed E-state index contributed by atoms with van der Waals surface area (Å²) in [7, 11) is 0. The Morgan fingerprint density at radius 1 is 1.33 bits per heavy atom. The Morgan fingerprint density at radius 3 is 2.56 bits per heavy atom. The molecule has 1 fully saturated rings. The molecule has 0 aromatic heterocycles. The van der Waals surface area contributed by atoms with Gasteiger partial charge in [-0.05, 0) is 24.2 Å². The normalized spacial score (nSPS) is 23.7. The Morgan fingerprint density at radius 2 is 2.00 bits per heavy atom. The van der Waals surface area contributed by atoms with Crippen LogP contribution in [0.2, 0.25) is 0 Å². The predicted octanol–water partition coefficient (Wildman–Crippen LogP) is 1.10. The minimum absolute atomic E-state index is 0.486. The summed E-state index contributed by atoms with van der Waals surface area (Å²) in [4.78, 5) is 2.00. The molecule has 3 N–H and O–H groups in total. The SMILES string of the molecule is CCNCc1ccc(N2CC(O)C(O)C2)cc1Br. The van der Waals surface area contributed by atoms with Crippen LogP contribution >= 0.6 is 15.9 Å². The molecule has 2 unspecified atom stereocenters. The zero-order chi connectivity index (χ0) is 13.1. The van der Waals surface area contributed by atoms with E-state index in [4.69, 9.17) is 0 Å². The van der Waals surface area contributed by atoms with Gasteiger partial charge >= 0.3 is 0 Å². The topological polar surface area (TPSA) is 55.7 Å². The van der Waals surface area contributed by atoms with Gasteiger partial charge in [-0.3, -0.25) is 0 Å². The highest BCUT2D eigenvalue weighted by Gasteiger charge is 2.29. The molecular weight excluding hydrogens is 296 g/mol. The number of aliphatic hydroxyl groups excluding tert-OH is 2. The van der Waals surface area contributed by atoms with Gasteiger partial charge in [-0.15, -0.1) is 0 Å². The van der Waals surface area contributed by atoms with Crippen LogP contribution in [0.4, 0.5) is 5.69 Å². The van der Waals surface area contributed by atoms with Gasteiger partial charge in [0.1, 0.15) is 0 Å². The second-order valence-corrected chi connectivity index (χ2v) is 5.45. The van der Waals surface area contributed by atoms with Crippen molar-refractivity contribution in [3.63, 3.8) is 0 Å². The van der Waals surface area contributed by atoms with Crippen molar-refractivity contribution in [3.8, 4) is 0 Å². The molecule has 0 spiro atoms. The number of nitrogens with one attached hydrogen (secondary N) is 1. The maximum absolute atomic E-state index is 9.56. The Kier molecular flexibility index (Phi) is 4.61. The Bertz CT molecular complexity index is 404. The molecule has 1 aromatic rings. The molecule has 100 valence electrons. The summed E-state index contributed by atoms with van der Waals surface area (Å²) in [5.74, 6) is 0. The van der Waals surface area contributed by atoms with Crippen LogP contribution in [0.15, 0.2) is 22.7 Å². The first-order chi connectivity index (χ1) is 8.61. The van der Waals surface area contributed by atoms with Crippen LogP contribution in [0, 0.1) is 0 Å². The summed E-state index contributed by atoms with van der Waals surface area (Å²) in [5, 5.41) is 22.4. The maximum Gasteiger partial charge on any atom is 0.0990 e. The van der Waals surface area contributed by atoms with Crippen LogP contribution in [0.1, 0.15) is 12.5 Å². The molecule has 1 saturated heterocycles.